The molecule has 458 valence electrons. The van der Waals surface area contributed by atoms with E-state index in [1.807, 2.05) is 0 Å². The molecule has 0 radical (unpaired) electrons. The summed E-state index contributed by atoms with van der Waals surface area (Å²) in [6.07, 6.45) is 92.6. The zero-order chi connectivity index (χ0) is 57.8. The van der Waals surface area contributed by atoms with Crippen LogP contribution in [0.1, 0.15) is 323 Å². The maximum atomic E-state index is 12.9. The Morgan fingerprint density at radius 2 is 0.512 bits per heavy atom. The van der Waals surface area contributed by atoms with Crippen molar-refractivity contribution in [2.24, 2.45) is 0 Å². The standard InChI is InChI=1S/C74H126O6/c1-4-7-10-13-16-19-22-25-27-28-29-30-31-32-33-34-35-36-37-38-39-40-41-42-43-44-45-46-47-50-52-55-58-61-64-67-73(76)79-70-71(69-78-72(75)66-63-60-57-54-51-48-24-21-18-15-12-9-6-3)80-74(77)68-65-62-59-56-53-49-26-23-20-17-14-11-8-5-2/h7,10,12,15-16,19,21,23-27,29-30,32-33,35-36,71H,4-6,8-9,11,13-14,17-18,20,22,28,31,34,37-70H2,1-3H3/b10-7-,15-12-,19-16-,24-21-,26-23-,27-25-,30-29-,33-32-,36-35-. The average molecular weight is 1110 g/mol. The van der Waals surface area contributed by atoms with Gasteiger partial charge in [-0.25, -0.2) is 0 Å². The Labute approximate surface area is 495 Å². The molecule has 0 aliphatic rings. The van der Waals surface area contributed by atoms with Crippen LogP contribution in [-0.4, -0.2) is 37.2 Å². The number of rotatable bonds is 61. The number of carbonyl (C=O) groups excluding carboxylic acids is 3. The molecule has 0 bridgehead atoms. The first-order valence-electron chi connectivity index (χ1n) is 33.9. The number of allylic oxidation sites excluding steroid dienone is 18. The monoisotopic (exact) mass is 1110 g/mol. The summed E-state index contributed by atoms with van der Waals surface area (Å²) in [5.41, 5.74) is 0. The first-order valence-corrected chi connectivity index (χ1v) is 33.9. The molecule has 80 heavy (non-hydrogen) atoms. The van der Waals surface area contributed by atoms with Crippen LogP contribution in [0.15, 0.2) is 109 Å². The lowest BCUT2D eigenvalue weighted by atomic mass is 10.0. The molecular weight excluding hydrogens is 985 g/mol. The molecule has 0 aromatic carbocycles. The minimum absolute atomic E-state index is 0.0834. The fourth-order valence-electron chi connectivity index (χ4n) is 9.42. The van der Waals surface area contributed by atoms with E-state index in [0.29, 0.717) is 19.3 Å². The minimum Gasteiger partial charge on any atom is -0.462 e. The summed E-state index contributed by atoms with van der Waals surface area (Å²) >= 11 is 0. The van der Waals surface area contributed by atoms with Crippen molar-refractivity contribution < 1.29 is 28.6 Å². The number of unbranched alkanes of at least 4 members (excludes halogenated alkanes) is 32. The van der Waals surface area contributed by atoms with Crippen LogP contribution in [0.3, 0.4) is 0 Å². The van der Waals surface area contributed by atoms with Crippen LogP contribution in [-0.2, 0) is 28.6 Å². The molecule has 0 rings (SSSR count). The molecule has 1 atom stereocenters. The van der Waals surface area contributed by atoms with Crippen LogP contribution >= 0.6 is 0 Å². The quantitative estimate of drug-likeness (QED) is 0.0261. The van der Waals surface area contributed by atoms with Gasteiger partial charge in [-0.1, -0.05) is 291 Å². The number of carbonyl (C=O) groups is 3. The van der Waals surface area contributed by atoms with E-state index in [1.54, 1.807) is 0 Å². The van der Waals surface area contributed by atoms with Crippen molar-refractivity contribution in [3.05, 3.63) is 109 Å². The first-order chi connectivity index (χ1) is 39.5. The van der Waals surface area contributed by atoms with Crippen molar-refractivity contribution in [3.8, 4) is 0 Å². The van der Waals surface area contributed by atoms with Crippen LogP contribution in [0, 0.1) is 0 Å². The average Bonchev–Trinajstić information content (AvgIpc) is 3.46. The third-order valence-electron chi connectivity index (χ3n) is 14.5. The van der Waals surface area contributed by atoms with E-state index in [1.165, 1.54) is 141 Å². The first kappa shape index (κ1) is 76.1. The van der Waals surface area contributed by atoms with Gasteiger partial charge in [-0.2, -0.15) is 0 Å². The van der Waals surface area contributed by atoms with E-state index < -0.39 is 6.10 Å². The third-order valence-corrected chi connectivity index (χ3v) is 14.5. The molecule has 0 N–H and O–H groups in total. The summed E-state index contributed by atoms with van der Waals surface area (Å²) in [6, 6.07) is 0. The van der Waals surface area contributed by atoms with Crippen molar-refractivity contribution in [1.29, 1.82) is 0 Å². The Balaban J connectivity index is 4.13. The second-order valence-corrected chi connectivity index (χ2v) is 22.3. The summed E-state index contributed by atoms with van der Waals surface area (Å²) < 4.78 is 16.9. The van der Waals surface area contributed by atoms with Gasteiger partial charge in [0, 0.05) is 19.3 Å². The molecule has 6 nitrogen and oxygen atoms in total. The molecule has 6 heteroatoms. The zero-order valence-electron chi connectivity index (χ0n) is 52.6. The minimum atomic E-state index is -0.787. The van der Waals surface area contributed by atoms with E-state index >= 15 is 0 Å². The maximum absolute atomic E-state index is 12.9. The summed E-state index contributed by atoms with van der Waals surface area (Å²) in [5, 5.41) is 0. The van der Waals surface area contributed by atoms with Crippen LogP contribution in [0.25, 0.3) is 0 Å². The Morgan fingerprint density at radius 1 is 0.263 bits per heavy atom. The second kappa shape index (κ2) is 67.6. The predicted octanol–water partition coefficient (Wildman–Crippen LogP) is 23.4. The van der Waals surface area contributed by atoms with Gasteiger partial charge in [-0.15, -0.1) is 0 Å². The van der Waals surface area contributed by atoms with Gasteiger partial charge in [-0.05, 0) is 122 Å². The highest BCUT2D eigenvalue weighted by Gasteiger charge is 2.19. The second-order valence-electron chi connectivity index (χ2n) is 22.3. The van der Waals surface area contributed by atoms with Crippen LogP contribution < -0.4 is 0 Å². The lowest BCUT2D eigenvalue weighted by Crippen LogP contribution is -2.30. The number of esters is 3. The maximum Gasteiger partial charge on any atom is 0.306 e. The normalized spacial score (nSPS) is 12.8. The van der Waals surface area contributed by atoms with Crippen LogP contribution in [0.5, 0.6) is 0 Å². The van der Waals surface area contributed by atoms with Gasteiger partial charge in [0.2, 0.25) is 0 Å². The molecule has 0 fully saturated rings. The number of hydrogen-bond donors (Lipinski definition) is 0. The molecule has 1 unspecified atom stereocenters. The SMILES string of the molecule is CC/C=C\C/C=C\C/C=C\C/C=C\C/C=C\C/C=C\CCCCCCCCCCCCCCCCCCC(=O)OCC(COC(=O)CCCCCCC/C=C\C/C=C\CCC)OC(=O)CCCCCCC/C=C\CCCCCCC. The van der Waals surface area contributed by atoms with E-state index in [0.717, 1.165) is 141 Å². The fraction of sp³-hybridized carbons (Fsp3) is 0.716. The van der Waals surface area contributed by atoms with E-state index in [-0.39, 0.29) is 31.1 Å². The lowest BCUT2D eigenvalue weighted by Gasteiger charge is -2.18. The van der Waals surface area contributed by atoms with Gasteiger partial charge >= 0.3 is 17.9 Å². The van der Waals surface area contributed by atoms with Crippen LogP contribution in [0.2, 0.25) is 0 Å². The van der Waals surface area contributed by atoms with E-state index in [4.69, 9.17) is 14.2 Å². The Kier molecular flexibility index (Phi) is 64.3. The largest absolute Gasteiger partial charge is 0.462 e. The fourth-order valence-corrected chi connectivity index (χ4v) is 9.42. The van der Waals surface area contributed by atoms with Crippen molar-refractivity contribution in [2.75, 3.05) is 13.2 Å². The molecule has 0 heterocycles. The highest BCUT2D eigenvalue weighted by Crippen LogP contribution is 2.17. The van der Waals surface area contributed by atoms with Crippen molar-refractivity contribution in [1.82, 2.24) is 0 Å². The molecule has 0 aromatic heterocycles. The molecule has 0 saturated heterocycles. The number of ether oxygens (including phenoxy) is 3. The van der Waals surface area contributed by atoms with Crippen molar-refractivity contribution in [2.45, 2.75) is 329 Å². The van der Waals surface area contributed by atoms with Crippen molar-refractivity contribution in [3.63, 3.8) is 0 Å². The highest BCUT2D eigenvalue weighted by molar-refractivity contribution is 5.71. The molecule has 0 aliphatic heterocycles. The topological polar surface area (TPSA) is 78.9 Å². The summed E-state index contributed by atoms with van der Waals surface area (Å²) in [5.74, 6) is -0.897. The van der Waals surface area contributed by atoms with Gasteiger partial charge in [-0.3, -0.25) is 14.4 Å². The Hall–Kier alpha value is -3.93. The number of hydrogen-bond acceptors (Lipinski definition) is 6. The van der Waals surface area contributed by atoms with Crippen molar-refractivity contribution >= 4 is 17.9 Å². The highest BCUT2D eigenvalue weighted by atomic mass is 16.6. The molecule has 0 aromatic rings. The van der Waals surface area contributed by atoms with E-state index in [2.05, 4.69) is 130 Å². The molecule has 0 spiro atoms. The molecular formula is C74H126O6. The van der Waals surface area contributed by atoms with Gasteiger partial charge in [0.05, 0.1) is 0 Å². The Bertz CT molecular complexity index is 1610. The lowest BCUT2D eigenvalue weighted by molar-refractivity contribution is -0.167. The third kappa shape index (κ3) is 64.9. The molecule has 0 saturated carbocycles. The molecule has 0 amide bonds. The zero-order valence-corrected chi connectivity index (χ0v) is 52.6. The molecule has 0 aliphatic carbocycles. The summed E-state index contributed by atoms with van der Waals surface area (Å²) in [7, 11) is 0. The van der Waals surface area contributed by atoms with E-state index in [9.17, 15) is 14.4 Å². The van der Waals surface area contributed by atoms with Gasteiger partial charge in [0.25, 0.3) is 0 Å². The predicted molar refractivity (Wildman–Crippen MR) is 348 cm³/mol. The van der Waals surface area contributed by atoms with Gasteiger partial charge < -0.3 is 14.2 Å². The summed E-state index contributed by atoms with van der Waals surface area (Å²) in [4.78, 5) is 38.3. The summed E-state index contributed by atoms with van der Waals surface area (Å²) in [6.45, 7) is 6.45. The Morgan fingerprint density at radius 3 is 0.825 bits per heavy atom. The van der Waals surface area contributed by atoms with Gasteiger partial charge in [0.1, 0.15) is 13.2 Å². The van der Waals surface area contributed by atoms with Crippen LogP contribution in [0.4, 0.5) is 0 Å². The smallest absolute Gasteiger partial charge is 0.306 e. The van der Waals surface area contributed by atoms with Gasteiger partial charge in [0.15, 0.2) is 6.10 Å².